The first kappa shape index (κ1) is 14.0. The van der Waals surface area contributed by atoms with Gasteiger partial charge in [-0.25, -0.2) is 13.8 Å². The maximum Gasteiger partial charge on any atom is 0.573 e. The molecule has 0 spiro atoms. The number of alkyl halides is 5. The zero-order valence-electron chi connectivity index (χ0n) is 8.63. The van der Waals surface area contributed by atoms with Gasteiger partial charge in [-0.3, -0.25) is 0 Å². The van der Waals surface area contributed by atoms with Crippen molar-refractivity contribution in [1.29, 1.82) is 5.26 Å². The SMILES string of the molecule is N#CCc1c(C(F)F)cnc(N)c1OC(F)(F)F. The highest BCUT2D eigenvalue weighted by atomic mass is 19.4. The number of nitriles is 1. The quantitative estimate of drug-likeness (QED) is 0.854. The lowest BCUT2D eigenvalue weighted by Gasteiger charge is -2.16. The summed E-state index contributed by atoms with van der Waals surface area (Å²) in [7, 11) is 0. The van der Waals surface area contributed by atoms with Crippen LogP contribution in [0.5, 0.6) is 5.75 Å². The van der Waals surface area contributed by atoms with Crippen LogP contribution < -0.4 is 10.5 Å². The Morgan fingerprint density at radius 1 is 1.44 bits per heavy atom. The molecule has 18 heavy (non-hydrogen) atoms. The molecule has 1 rings (SSSR count). The van der Waals surface area contributed by atoms with Crippen molar-refractivity contribution < 1.29 is 26.7 Å². The van der Waals surface area contributed by atoms with E-state index in [9.17, 15) is 22.0 Å². The van der Waals surface area contributed by atoms with E-state index in [1.807, 2.05) is 0 Å². The molecule has 0 atom stereocenters. The summed E-state index contributed by atoms with van der Waals surface area (Å²) in [5.41, 5.74) is 3.71. The number of nitrogen functional groups attached to an aromatic ring is 1. The Morgan fingerprint density at radius 2 is 2.06 bits per heavy atom. The first-order chi connectivity index (χ1) is 8.26. The standard InChI is InChI=1S/C9H6F5N3O/c10-7(11)5-3-17-8(16)6(4(5)1-2-15)18-9(12,13)14/h3,7H,1H2,(H2,16,17). The molecule has 1 aromatic heterocycles. The van der Waals surface area contributed by atoms with Crippen LogP contribution in [0.15, 0.2) is 6.20 Å². The van der Waals surface area contributed by atoms with Gasteiger partial charge in [0.2, 0.25) is 0 Å². The van der Waals surface area contributed by atoms with Crippen LogP contribution in [0.3, 0.4) is 0 Å². The van der Waals surface area contributed by atoms with Crippen molar-refractivity contribution in [2.75, 3.05) is 5.73 Å². The molecule has 0 bridgehead atoms. The van der Waals surface area contributed by atoms with Gasteiger partial charge < -0.3 is 10.5 Å². The zero-order valence-corrected chi connectivity index (χ0v) is 8.63. The smallest absolute Gasteiger partial charge is 0.401 e. The van der Waals surface area contributed by atoms with Crippen molar-refractivity contribution in [2.24, 2.45) is 0 Å². The minimum absolute atomic E-state index is 0.614. The fraction of sp³-hybridized carbons (Fsp3) is 0.333. The first-order valence-corrected chi connectivity index (χ1v) is 4.44. The highest BCUT2D eigenvalue weighted by molar-refractivity contribution is 5.55. The average molecular weight is 267 g/mol. The molecule has 0 amide bonds. The third-order valence-corrected chi connectivity index (χ3v) is 1.91. The molecule has 0 aliphatic heterocycles. The number of halogens is 5. The second-order valence-electron chi connectivity index (χ2n) is 3.09. The van der Waals surface area contributed by atoms with Crippen molar-refractivity contribution in [3.8, 4) is 11.8 Å². The van der Waals surface area contributed by atoms with Gasteiger partial charge in [-0.05, 0) is 0 Å². The Hall–Kier alpha value is -2.11. The number of nitrogens with two attached hydrogens (primary N) is 1. The Balaban J connectivity index is 3.37. The zero-order chi connectivity index (χ0) is 13.9. The van der Waals surface area contributed by atoms with E-state index in [0.717, 1.165) is 0 Å². The molecule has 0 fully saturated rings. The molecule has 0 saturated heterocycles. The van der Waals surface area contributed by atoms with Gasteiger partial charge in [0, 0.05) is 17.3 Å². The van der Waals surface area contributed by atoms with Crippen molar-refractivity contribution in [3.05, 3.63) is 17.3 Å². The molecule has 0 radical (unpaired) electrons. The monoisotopic (exact) mass is 267 g/mol. The van der Waals surface area contributed by atoms with E-state index in [0.29, 0.717) is 6.20 Å². The molecule has 98 valence electrons. The fourth-order valence-corrected chi connectivity index (χ4v) is 1.24. The van der Waals surface area contributed by atoms with Gasteiger partial charge in [-0.2, -0.15) is 5.26 Å². The van der Waals surface area contributed by atoms with Crippen molar-refractivity contribution in [3.63, 3.8) is 0 Å². The molecular formula is C9H6F5N3O. The largest absolute Gasteiger partial charge is 0.573 e. The van der Waals surface area contributed by atoms with Crippen LogP contribution in [-0.2, 0) is 6.42 Å². The van der Waals surface area contributed by atoms with Gasteiger partial charge >= 0.3 is 6.36 Å². The molecule has 0 saturated carbocycles. The topological polar surface area (TPSA) is 71.9 Å². The highest BCUT2D eigenvalue weighted by Gasteiger charge is 2.34. The second-order valence-corrected chi connectivity index (χ2v) is 3.09. The molecular weight excluding hydrogens is 261 g/mol. The minimum Gasteiger partial charge on any atom is -0.401 e. The van der Waals surface area contributed by atoms with E-state index in [4.69, 9.17) is 11.0 Å². The van der Waals surface area contributed by atoms with Crippen LogP contribution in [0.2, 0.25) is 0 Å². The number of aromatic nitrogens is 1. The van der Waals surface area contributed by atoms with Crippen LogP contribution in [0.4, 0.5) is 27.8 Å². The molecule has 0 unspecified atom stereocenters. The lowest BCUT2D eigenvalue weighted by Crippen LogP contribution is -2.20. The number of hydrogen-bond acceptors (Lipinski definition) is 4. The summed E-state index contributed by atoms with van der Waals surface area (Å²) >= 11 is 0. The third-order valence-electron chi connectivity index (χ3n) is 1.91. The van der Waals surface area contributed by atoms with Crippen molar-refractivity contribution in [2.45, 2.75) is 19.2 Å². The number of anilines is 1. The molecule has 0 aromatic carbocycles. The molecule has 9 heteroatoms. The predicted molar refractivity (Wildman–Crippen MR) is 49.6 cm³/mol. The van der Waals surface area contributed by atoms with E-state index in [-0.39, 0.29) is 0 Å². The van der Waals surface area contributed by atoms with E-state index in [1.54, 1.807) is 0 Å². The summed E-state index contributed by atoms with van der Waals surface area (Å²) in [6, 6.07) is 1.47. The summed E-state index contributed by atoms with van der Waals surface area (Å²) in [4.78, 5) is 3.19. The average Bonchev–Trinajstić information content (AvgIpc) is 2.21. The van der Waals surface area contributed by atoms with Gasteiger partial charge in [0.25, 0.3) is 6.43 Å². The Morgan fingerprint density at radius 3 is 2.50 bits per heavy atom. The predicted octanol–water partition coefficient (Wildman–Crippen LogP) is 2.57. The van der Waals surface area contributed by atoms with Crippen LogP contribution in [0, 0.1) is 11.3 Å². The number of rotatable bonds is 3. The van der Waals surface area contributed by atoms with Gasteiger partial charge in [0.05, 0.1) is 12.5 Å². The Labute approximate surface area is 97.8 Å². The third kappa shape index (κ3) is 3.19. The van der Waals surface area contributed by atoms with Crippen molar-refractivity contribution >= 4 is 5.82 Å². The summed E-state index contributed by atoms with van der Waals surface area (Å²) in [6.07, 6.45) is -8.27. The number of ether oxygens (including phenoxy) is 1. The lowest BCUT2D eigenvalue weighted by atomic mass is 10.1. The van der Waals surface area contributed by atoms with Crippen LogP contribution in [-0.4, -0.2) is 11.3 Å². The summed E-state index contributed by atoms with van der Waals surface area (Å²) < 4.78 is 65.0. The first-order valence-electron chi connectivity index (χ1n) is 4.44. The fourth-order valence-electron chi connectivity index (χ4n) is 1.24. The van der Waals surface area contributed by atoms with Gasteiger partial charge in [-0.15, -0.1) is 13.2 Å². The van der Waals surface area contributed by atoms with E-state index < -0.39 is 41.9 Å². The lowest BCUT2D eigenvalue weighted by molar-refractivity contribution is -0.274. The Bertz CT molecular complexity index is 480. The van der Waals surface area contributed by atoms with Crippen LogP contribution in [0.25, 0.3) is 0 Å². The molecule has 1 aromatic rings. The normalized spacial score (nSPS) is 11.4. The second kappa shape index (κ2) is 5.03. The molecule has 0 aliphatic carbocycles. The maximum absolute atomic E-state index is 12.6. The number of pyridine rings is 1. The van der Waals surface area contributed by atoms with Crippen molar-refractivity contribution in [1.82, 2.24) is 4.98 Å². The van der Waals surface area contributed by atoms with Gasteiger partial charge in [-0.1, -0.05) is 0 Å². The van der Waals surface area contributed by atoms with E-state index in [2.05, 4.69) is 9.72 Å². The Kier molecular flexibility index (Phi) is 3.90. The van der Waals surface area contributed by atoms with E-state index in [1.165, 1.54) is 6.07 Å². The molecule has 4 nitrogen and oxygen atoms in total. The van der Waals surface area contributed by atoms with Crippen LogP contribution >= 0.6 is 0 Å². The summed E-state index contributed by atoms with van der Waals surface area (Å²) in [6.45, 7) is 0. The highest BCUT2D eigenvalue weighted by Crippen LogP contribution is 2.36. The van der Waals surface area contributed by atoms with Gasteiger partial charge in [0.1, 0.15) is 0 Å². The summed E-state index contributed by atoms with van der Waals surface area (Å²) in [5.74, 6) is -1.76. The minimum atomic E-state index is -5.11. The summed E-state index contributed by atoms with van der Waals surface area (Å²) in [5, 5.41) is 8.45. The van der Waals surface area contributed by atoms with Gasteiger partial charge in [0.15, 0.2) is 11.6 Å². The number of nitrogens with zero attached hydrogens (tertiary/aromatic N) is 2. The molecule has 1 heterocycles. The molecule has 0 aliphatic rings. The molecule has 2 N–H and O–H groups in total. The van der Waals surface area contributed by atoms with E-state index >= 15 is 0 Å². The maximum atomic E-state index is 12.6. The number of hydrogen-bond donors (Lipinski definition) is 1. The van der Waals surface area contributed by atoms with Crippen LogP contribution in [0.1, 0.15) is 17.6 Å².